The molecule has 5 nitrogen and oxygen atoms in total. The van der Waals surface area contributed by atoms with Crippen molar-refractivity contribution >= 4 is 5.91 Å². The van der Waals surface area contributed by atoms with Crippen molar-refractivity contribution in [3.05, 3.63) is 65.7 Å². The maximum atomic E-state index is 12.6. The van der Waals surface area contributed by atoms with Gasteiger partial charge in [0.2, 0.25) is 5.91 Å². The van der Waals surface area contributed by atoms with Crippen molar-refractivity contribution in [1.82, 2.24) is 10.2 Å². The van der Waals surface area contributed by atoms with Crippen LogP contribution in [0.15, 0.2) is 54.6 Å². The molecule has 1 saturated heterocycles. The summed E-state index contributed by atoms with van der Waals surface area (Å²) in [5.74, 6) is 0.811. The molecular weight excluding hydrogens is 340 g/mol. The minimum atomic E-state index is -0.135. The SMILES string of the molecule is O=C(NC[C@@H]1CN(Cc2ccccc2)CCO1)[C@H]1COc2ccccc2C1. The molecule has 2 atom stereocenters. The van der Waals surface area contributed by atoms with Gasteiger partial charge in [0.05, 0.1) is 18.6 Å². The zero-order chi connectivity index (χ0) is 18.5. The van der Waals surface area contributed by atoms with Crippen LogP contribution in [0.1, 0.15) is 11.1 Å². The van der Waals surface area contributed by atoms with E-state index in [2.05, 4.69) is 34.5 Å². The van der Waals surface area contributed by atoms with E-state index in [9.17, 15) is 4.79 Å². The first kappa shape index (κ1) is 18.0. The van der Waals surface area contributed by atoms with Gasteiger partial charge in [0.25, 0.3) is 0 Å². The number of carbonyl (C=O) groups is 1. The van der Waals surface area contributed by atoms with Gasteiger partial charge in [0, 0.05) is 26.2 Å². The lowest BCUT2D eigenvalue weighted by atomic mass is 9.96. The summed E-state index contributed by atoms with van der Waals surface area (Å²) in [6.07, 6.45) is 0.761. The lowest BCUT2D eigenvalue weighted by molar-refractivity contribution is -0.127. The summed E-state index contributed by atoms with van der Waals surface area (Å²) in [5, 5.41) is 3.07. The van der Waals surface area contributed by atoms with Gasteiger partial charge < -0.3 is 14.8 Å². The molecule has 0 unspecified atom stereocenters. The van der Waals surface area contributed by atoms with E-state index in [4.69, 9.17) is 9.47 Å². The maximum Gasteiger partial charge on any atom is 0.226 e. The highest BCUT2D eigenvalue weighted by molar-refractivity contribution is 5.79. The summed E-state index contributed by atoms with van der Waals surface area (Å²) in [6.45, 7) is 4.36. The van der Waals surface area contributed by atoms with Crippen LogP contribution in [-0.2, 0) is 22.5 Å². The lowest BCUT2D eigenvalue weighted by Crippen LogP contribution is -2.48. The molecule has 2 aliphatic rings. The van der Waals surface area contributed by atoms with Crippen LogP contribution < -0.4 is 10.1 Å². The summed E-state index contributed by atoms with van der Waals surface area (Å²) in [7, 11) is 0. The molecule has 2 aromatic rings. The molecule has 2 heterocycles. The number of amides is 1. The molecule has 0 aliphatic carbocycles. The quantitative estimate of drug-likeness (QED) is 0.882. The molecule has 2 aromatic carbocycles. The van der Waals surface area contributed by atoms with Crippen LogP contribution in [-0.4, -0.2) is 49.8 Å². The molecule has 0 saturated carbocycles. The van der Waals surface area contributed by atoms with E-state index in [1.807, 2.05) is 30.3 Å². The number of fused-ring (bicyclic) bond motifs is 1. The molecule has 1 N–H and O–H groups in total. The van der Waals surface area contributed by atoms with Crippen LogP contribution in [0.2, 0.25) is 0 Å². The monoisotopic (exact) mass is 366 g/mol. The first-order valence-corrected chi connectivity index (χ1v) is 9.64. The van der Waals surface area contributed by atoms with Gasteiger partial charge in [-0.2, -0.15) is 0 Å². The van der Waals surface area contributed by atoms with Gasteiger partial charge in [-0.3, -0.25) is 9.69 Å². The second kappa shape index (κ2) is 8.55. The summed E-state index contributed by atoms with van der Waals surface area (Å²) in [5.41, 5.74) is 2.41. The van der Waals surface area contributed by atoms with Crippen LogP contribution in [0.5, 0.6) is 5.75 Å². The minimum absolute atomic E-state index is 0.0307. The van der Waals surface area contributed by atoms with E-state index in [0.29, 0.717) is 19.8 Å². The number of ether oxygens (including phenoxy) is 2. The van der Waals surface area contributed by atoms with Gasteiger partial charge in [0.1, 0.15) is 12.4 Å². The molecule has 27 heavy (non-hydrogen) atoms. The van der Waals surface area contributed by atoms with E-state index in [1.54, 1.807) is 0 Å². The number of nitrogens with zero attached hydrogens (tertiary/aromatic N) is 1. The smallest absolute Gasteiger partial charge is 0.226 e. The lowest BCUT2D eigenvalue weighted by Gasteiger charge is -2.33. The number of benzene rings is 2. The van der Waals surface area contributed by atoms with Crippen molar-refractivity contribution < 1.29 is 14.3 Å². The largest absolute Gasteiger partial charge is 0.492 e. The van der Waals surface area contributed by atoms with Gasteiger partial charge in [-0.25, -0.2) is 0 Å². The summed E-state index contributed by atoms with van der Waals surface area (Å²) < 4.78 is 11.6. The molecule has 1 fully saturated rings. The number of morpholine rings is 1. The summed E-state index contributed by atoms with van der Waals surface area (Å²) in [6, 6.07) is 18.4. The van der Waals surface area contributed by atoms with Crippen LogP contribution in [0, 0.1) is 5.92 Å². The Balaban J connectivity index is 1.25. The van der Waals surface area contributed by atoms with Crippen molar-refractivity contribution in [3.63, 3.8) is 0 Å². The Morgan fingerprint density at radius 1 is 1.11 bits per heavy atom. The Morgan fingerprint density at radius 2 is 1.93 bits per heavy atom. The van der Waals surface area contributed by atoms with Crippen LogP contribution in [0.25, 0.3) is 0 Å². The van der Waals surface area contributed by atoms with Crippen LogP contribution in [0.4, 0.5) is 0 Å². The molecule has 0 aromatic heterocycles. The normalized spacial score (nSPS) is 22.5. The number of hydrogen-bond acceptors (Lipinski definition) is 4. The highest BCUT2D eigenvalue weighted by Crippen LogP contribution is 2.26. The van der Waals surface area contributed by atoms with Gasteiger partial charge in [-0.1, -0.05) is 48.5 Å². The van der Waals surface area contributed by atoms with Crippen LogP contribution in [0.3, 0.4) is 0 Å². The molecular formula is C22H26N2O3. The first-order valence-electron chi connectivity index (χ1n) is 9.64. The third-order valence-electron chi connectivity index (χ3n) is 5.23. The first-order chi connectivity index (χ1) is 13.3. The summed E-state index contributed by atoms with van der Waals surface area (Å²) >= 11 is 0. The van der Waals surface area contributed by atoms with Crippen molar-refractivity contribution in [2.24, 2.45) is 5.92 Å². The van der Waals surface area contributed by atoms with Gasteiger partial charge in [0.15, 0.2) is 0 Å². The topological polar surface area (TPSA) is 50.8 Å². The second-order valence-corrected chi connectivity index (χ2v) is 7.28. The molecule has 5 heteroatoms. The van der Waals surface area contributed by atoms with Gasteiger partial charge >= 0.3 is 0 Å². The zero-order valence-electron chi connectivity index (χ0n) is 15.5. The Morgan fingerprint density at radius 3 is 2.81 bits per heavy atom. The number of hydrogen-bond donors (Lipinski definition) is 1. The molecule has 4 rings (SSSR count). The van der Waals surface area contributed by atoms with Crippen molar-refractivity contribution in [1.29, 1.82) is 0 Å². The molecule has 0 spiro atoms. The van der Waals surface area contributed by atoms with E-state index < -0.39 is 0 Å². The van der Waals surface area contributed by atoms with Crippen molar-refractivity contribution in [2.75, 3.05) is 32.8 Å². The fraction of sp³-hybridized carbons (Fsp3) is 0.409. The fourth-order valence-corrected chi connectivity index (χ4v) is 3.74. The molecule has 1 amide bonds. The summed E-state index contributed by atoms with van der Waals surface area (Å²) in [4.78, 5) is 14.9. The van der Waals surface area contributed by atoms with E-state index in [-0.39, 0.29) is 17.9 Å². The minimum Gasteiger partial charge on any atom is -0.492 e. The molecule has 142 valence electrons. The Kier molecular flexibility index (Phi) is 5.70. The van der Waals surface area contributed by atoms with Gasteiger partial charge in [-0.05, 0) is 23.6 Å². The van der Waals surface area contributed by atoms with E-state index in [1.165, 1.54) is 5.56 Å². The third kappa shape index (κ3) is 4.67. The van der Waals surface area contributed by atoms with Gasteiger partial charge in [-0.15, -0.1) is 0 Å². The predicted molar refractivity (Wildman–Crippen MR) is 104 cm³/mol. The highest BCUT2D eigenvalue weighted by Gasteiger charge is 2.27. The standard InChI is InChI=1S/C22H26N2O3/c25-22(19-12-18-8-4-5-9-21(18)27-16-19)23-13-20-15-24(10-11-26-20)14-17-6-2-1-3-7-17/h1-9,19-20H,10-16H2,(H,23,25)/t19-,20-/m1/s1. The van der Waals surface area contributed by atoms with E-state index in [0.717, 1.165) is 37.4 Å². The fourth-order valence-electron chi connectivity index (χ4n) is 3.74. The average molecular weight is 366 g/mol. The Bertz CT molecular complexity index is 765. The predicted octanol–water partition coefficient (Wildman–Crippen LogP) is 2.25. The molecule has 2 aliphatic heterocycles. The van der Waals surface area contributed by atoms with Crippen LogP contribution >= 0.6 is 0 Å². The Labute approximate surface area is 160 Å². The maximum absolute atomic E-state index is 12.6. The third-order valence-corrected chi connectivity index (χ3v) is 5.23. The van der Waals surface area contributed by atoms with Crippen molar-refractivity contribution in [2.45, 2.75) is 19.1 Å². The highest BCUT2D eigenvalue weighted by atomic mass is 16.5. The number of carbonyl (C=O) groups excluding carboxylic acids is 1. The second-order valence-electron chi connectivity index (χ2n) is 7.28. The number of nitrogens with one attached hydrogen (secondary N) is 1. The number of rotatable bonds is 5. The molecule has 0 bridgehead atoms. The molecule has 0 radical (unpaired) electrons. The number of para-hydroxylation sites is 1. The Hall–Kier alpha value is -2.37. The van der Waals surface area contributed by atoms with E-state index >= 15 is 0 Å². The zero-order valence-corrected chi connectivity index (χ0v) is 15.5. The average Bonchev–Trinajstić information content (AvgIpc) is 2.73. The van der Waals surface area contributed by atoms with Crippen molar-refractivity contribution in [3.8, 4) is 5.75 Å².